The zero-order valence-corrected chi connectivity index (χ0v) is 9.45. The van der Waals surface area contributed by atoms with Crippen LogP contribution in [0.1, 0.15) is 19.4 Å². The predicted octanol–water partition coefficient (Wildman–Crippen LogP) is 1.92. The average Bonchev–Trinajstić information content (AvgIpc) is 2.20. The molecule has 15 heavy (non-hydrogen) atoms. The Balaban J connectivity index is 2.71. The van der Waals surface area contributed by atoms with E-state index in [0.717, 1.165) is 11.3 Å². The van der Waals surface area contributed by atoms with E-state index < -0.39 is 0 Å². The van der Waals surface area contributed by atoms with Gasteiger partial charge in [-0.25, -0.2) is 0 Å². The lowest BCUT2D eigenvalue weighted by Gasteiger charge is -2.16. The Bertz CT molecular complexity index is 347. The topological polar surface area (TPSA) is 55.1 Å². The first-order valence-electron chi connectivity index (χ1n) is 5.14. The van der Waals surface area contributed by atoms with Crippen molar-refractivity contribution in [3.8, 4) is 0 Å². The van der Waals surface area contributed by atoms with Crippen molar-refractivity contribution in [3.05, 3.63) is 29.8 Å². The van der Waals surface area contributed by atoms with Gasteiger partial charge in [0.2, 0.25) is 5.91 Å². The zero-order valence-electron chi connectivity index (χ0n) is 9.45. The molecule has 3 heteroatoms. The highest BCUT2D eigenvalue weighted by atomic mass is 16.1. The second-order valence-electron chi connectivity index (χ2n) is 3.95. The molecular weight excluding hydrogens is 188 g/mol. The van der Waals surface area contributed by atoms with Crippen LogP contribution >= 0.6 is 0 Å². The molecule has 0 saturated carbocycles. The highest BCUT2D eigenvalue weighted by molar-refractivity contribution is 5.93. The molecule has 0 aromatic heterocycles. The summed E-state index contributed by atoms with van der Waals surface area (Å²) in [5.74, 6) is -0.205. The minimum absolute atomic E-state index is 0.0284. The van der Waals surface area contributed by atoms with Crippen LogP contribution in [0.3, 0.4) is 0 Å². The fourth-order valence-corrected chi connectivity index (χ4v) is 1.20. The Morgan fingerprint density at radius 1 is 1.33 bits per heavy atom. The fourth-order valence-electron chi connectivity index (χ4n) is 1.20. The number of anilines is 1. The second-order valence-corrected chi connectivity index (χ2v) is 3.95. The van der Waals surface area contributed by atoms with Crippen LogP contribution in [0, 0.1) is 12.8 Å². The van der Waals surface area contributed by atoms with E-state index in [1.807, 2.05) is 45.0 Å². The van der Waals surface area contributed by atoms with E-state index in [-0.39, 0.29) is 17.9 Å². The van der Waals surface area contributed by atoms with E-state index in [2.05, 4.69) is 5.32 Å². The van der Waals surface area contributed by atoms with Crippen molar-refractivity contribution in [2.45, 2.75) is 26.8 Å². The van der Waals surface area contributed by atoms with Gasteiger partial charge < -0.3 is 11.1 Å². The largest absolute Gasteiger partial charge is 0.327 e. The monoisotopic (exact) mass is 206 g/mol. The Kier molecular flexibility index (Phi) is 3.86. The number of carbonyl (C=O) groups is 1. The minimum Gasteiger partial charge on any atom is -0.327 e. The summed E-state index contributed by atoms with van der Waals surface area (Å²) < 4.78 is 0. The van der Waals surface area contributed by atoms with Crippen molar-refractivity contribution in [1.29, 1.82) is 0 Å². The van der Waals surface area contributed by atoms with E-state index in [1.165, 1.54) is 0 Å². The number of nitrogens with two attached hydrogens (primary N) is 1. The van der Waals surface area contributed by atoms with Gasteiger partial charge in [-0.05, 0) is 25.5 Å². The summed E-state index contributed by atoms with van der Waals surface area (Å²) in [4.78, 5) is 11.7. The quantitative estimate of drug-likeness (QED) is 0.793. The summed E-state index contributed by atoms with van der Waals surface area (Å²) in [6.07, 6.45) is 0. The summed E-state index contributed by atoms with van der Waals surface area (Å²) >= 11 is 0. The molecule has 1 aromatic carbocycles. The van der Waals surface area contributed by atoms with E-state index in [9.17, 15) is 4.79 Å². The van der Waals surface area contributed by atoms with E-state index in [4.69, 9.17) is 5.73 Å². The van der Waals surface area contributed by atoms with Crippen molar-refractivity contribution in [3.63, 3.8) is 0 Å². The maximum Gasteiger partial charge on any atom is 0.228 e. The molecule has 0 aliphatic heterocycles. The first kappa shape index (κ1) is 11.7. The molecule has 0 aliphatic rings. The maximum atomic E-state index is 11.7. The van der Waals surface area contributed by atoms with Crippen molar-refractivity contribution in [2.24, 2.45) is 11.7 Å². The van der Waals surface area contributed by atoms with Gasteiger partial charge in [-0.15, -0.1) is 0 Å². The van der Waals surface area contributed by atoms with Crippen molar-refractivity contribution in [2.75, 3.05) is 5.32 Å². The molecule has 0 bridgehead atoms. The molecule has 2 unspecified atom stereocenters. The van der Waals surface area contributed by atoms with Crippen LogP contribution in [0.2, 0.25) is 0 Å². The highest BCUT2D eigenvalue weighted by Crippen LogP contribution is 2.14. The van der Waals surface area contributed by atoms with Crippen LogP contribution < -0.4 is 11.1 Å². The Hall–Kier alpha value is -1.35. The zero-order chi connectivity index (χ0) is 11.4. The maximum absolute atomic E-state index is 11.7. The molecule has 0 aliphatic carbocycles. The SMILES string of the molecule is Cc1ccccc1NC(=O)C(C)C(C)N. The van der Waals surface area contributed by atoms with Crippen LogP contribution in [0.25, 0.3) is 0 Å². The summed E-state index contributed by atoms with van der Waals surface area (Å²) in [5, 5.41) is 2.87. The van der Waals surface area contributed by atoms with Crippen LogP contribution in [0.15, 0.2) is 24.3 Å². The molecule has 1 rings (SSSR count). The van der Waals surface area contributed by atoms with Crippen molar-refractivity contribution in [1.82, 2.24) is 0 Å². The molecule has 2 atom stereocenters. The molecule has 1 amide bonds. The number of nitrogens with one attached hydrogen (secondary N) is 1. The van der Waals surface area contributed by atoms with E-state index in [0.29, 0.717) is 0 Å². The number of amides is 1. The van der Waals surface area contributed by atoms with Crippen molar-refractivity contribution < 1.29 is 4.79 Å². The molecule has 3 N–H and O–H groups in total. The lowest BCUT2D eigenvalue weighted by atomic mass is 10.0. The number of para-hydroxylation sites is 1. The molecule has 0 radical (unpaired) electrons. The standard InChI is InChI=1S/C12H18N2O/c1-8-6-4-5-7-11(8)14-12(15)9(2)10(3)13/h4-7,9-10H,13H2,1-3H3,(H,14,15). The summed E-state index contributed by atoms with van der Waals surface area (Å²) in [6.45, 7) is 5.63. The number of rotatable bonds is 3. The molecule has 1 aromatic rings. The third kappa shape index (κ3) is 3.06. The molecular formula is C12H18N2O. The normalized spacial score (nSPS) is 14.4. The summed E-state index contributed by atoms with van der Waals surface area (Å²) in [5.41, 5.74) is 7.58. The van der Waals surface area contributed by atoms with E-state index in [1.54, 1.807) is 0 Å². The van der Waals surface area contributed by atoms with Crippen LogP contribution in [0.4, 0.5) is 5.69 Å². The first-order chi connectivity index (χ1) is 7.02. The molecule has 0 saturated heterocycles. The number of aryl methyl sites for hydroxylation is 1. The van der Waals surface area contributed by atoms with Crippen LogP contribution in [0.5, 0.6) is 0 Å². The van der Waals surface area contributed by atoms with Crippen LogP contribution in [-0.4, -0.2) is 11.9 Å². The Labute approximate surface area is 90.7 Å². The molecule has 0 heterocycles. The molecule has 82 valence electrons. The van der Waals surface area contributed by atoms with Gasteiger partial charge in [-0.3, -0.25) is 4.79 Å². The van der Waals surface area contributed by atoms with Gasteiger partial charge in [0.1, 0.15) is 0 Å². The summed E-state index contributed by atoms with van der Waals surface area (Å²) in [6, 6.07) is 7.57. The second kappa shape index (κ2) is 4.94. The number of carbonyl (C=O) groups excluding carboxylic acids is 1. The van der Waals surface area contributed by atoms with Gasteiger partial charge in [-0.2, -0.15) is 0 Å². The lowest BCUT2D eigenvalue weighted by Crippen LogP contribution is -2.34. The van der Waals surface area contributed by atoms with Gasteiger partial charge in [0.05, 0.1) is 5.92 Å². The third-order valence-electron chi connectivity index (χ3n) is 2.61. The van der Waals surface area contributed by atoms with Gasteiger partial charge in [0, 0.05) is 11.7 Å². The average molecular weight is 206 g/mol. The molecule has 3 nitrogen and oxygen atoms in total. The smallest absolute Gasteiger partial charge is 0.228 e. The molecule has 0 spiro atoms. The fraction of sp³-hybridized carbons (Fsp3) is 0.417. The van der Waals surface area contributed by atoms with E-state index >= 15 is 0 Å². The molecule has 0 fully saturated rings. The van der Waals surface area contributed by atoms with Crippen molar-refractivity contribution >= 4 is 11.6 Å². The Morgan fingerprint density at radius 2 is 1.93 bits per heavy atom. The minimum atomic E-state index is -0.176. The number of hydrogen-bond donors (Lipinski definition) is 2. The van der Waals surface area contributed by atoms with Gasteiger partial charge in [0.25, 0.3) is 0 Å². The lowest BCUT2D eigenvalue weighted by molar-refractivity contribution is -0.119. The third-order valence-corrected chi connectivity index (χ3v) is 2.61. The Morgan fingerprint density at radius 3 is 2.47 bits per heavy atom. The van der Waals surface area contributed by atoms with Gasteiger partial charge in [-0.1, -0.05) is 25.1 Å². The number of hydrogen-bond acceptors (Lipinski definition) is 2. The van der Waals surface area contributed by atoms with Gasteiger partial charge >= 0.3 is 0 Å². The summed E-state index contributed by atoms with van der Waals surface area (Å²) in [7, 11) is 0. The van der Waals surface area contributed by atoms with Gasteiger partial charge in [0.15, 0.2) is 0 Å². The highest BCUT2D eigenvalue weighted by Gasteiger charge is 2.17. The number of benzene rings is 1. The van der Waals surface area contributed by atoms with Crippen LogP contribution in [-0.2, 0) is 4.79 Å². The first-order valence-corrected chi connectivity index (χ1v) is 5.14. The predicted molar refractivity (Wildman–Crippen MR) is 62.6 cm³/mol.